The Kier molecular flexibility index (Phi) is 5.62. The number of fused-ring (bicyclic) bond motifs is 1. The molecular formula is C20H21N7OS. The molecule has 29 heavy (non-hydrogen) atoms. The van der Waals surface area contributed by atoms with Gasteiger partial charge in [-0.05, 0) is 12.8 Å². The van der Waals surface area contributed by atoms with Gasteiger partial charge in [0.05, 0.1) is 5.75 Å². The van der Waals surface area contributed by atoms with Crippen LogP contribution in [0, 0.1) is 11.3 Å². The van der Waals surface area contributed by atoms with E-state index in [1.807, 2.05) is 46.5 Å². The van der Waals surface area contributed by atoms with Crippen molar-refractivity contribution in [2.75, 3.05) is 5.75 Å². The fourth-order valence-corrected chi connectivity index (χ4v) is 4.19. The van der Waals surface area contributed by atoms with Gasteiger partial charge in [0.25, 0.3) is 0 Å². The average molecular weight is 408 g/mol. The molecule has 0 atom stereocenters. The molecule has 1 aliphatic heterocycles. The first-order valence-corrected chi connectivity index (χ1v) is 10.5. The molecule has 0 fully saturated rings. The topological polar surface area (TPSA) is 105 Å². The summed E-state index contributed by atoms with van der Waals surface area (Å²) in [5.41, 5.74) is 1.14. The number of allylic oxidation sites excluding steroid dienone is 1. The molecule has 0 saturated carbocycles. The van der Waals surface area contributed by atoms with E-state index in [0.717, 1.165) is 49.4 Å². The molecule has 3 aromatic rings. The van der Waals surface area contributed by atoms with Gasteiger partial charge in [-0.15, -0.1) is 20.4 Å². The van der Waals surface area contributed by atoms with Crippen LogP contribution < -0.4 is 0 Å². The maximum Gasteiger partial charge on any atom is 0.191 e. The molecule has 0 saturated heterocycles. The monoisotopic (exact) mass is 407 g/mol. The lowest BCUT2D eigenvalue weighted by atomic mass is 10.2. The molecule has 9 heteroatoms. The second-order valence-electron chi connectivity index (χ2n) is 6.86. The van der Waals surface area contributed by atoms with Gasteiger partial charge in [-0.25, -0.2) is 0 Å². The van der Waals surface area contributed by atoms with Crippen LogP contribution in [-0.4, -0.2) is 40.4 Å². The van der Waals surface area contributed by atoms with E-state index < -0.39 is 0 Å². The van der Waals surface area contributed by atoms with Gasteiger partial charge in [0, 0.05) is 25.6 Å². The maximum atomic E-state index is 10.6. The number of thioether (sulfide) groups is 1. The predicted octanol–water partition coefficient (Wildman–Crippen LogP) is 3.38. The highest BCUT2D eigenvalue weighted by molar-refractivity contribution is 7.99. The minimum Gasteiger partial charge on any atom is -0.510 e. The average Bonchev–Trinajstić information content (AvgIpc) is 3.22. The van der Waals surface area contributed by atoms with Gasteiger partial charge in [0.15, 0.2) is 16.8 Å². The summed E-state index contributed by atoms with van der Waals surface area (Å²) < 4.78 is 3.84. The molecule has 0 amide bonds. The number of aliphatic hydroxyl groups excluding tert-OH is 1. The van der Waals surface area contributed by atoms with Crippen LogP contribution in [0.25, 0.3) is 17.0 Å². The highest BCUT2D eigenvalue weighted by Crippen LogP contribution is 2.26. The molecule has 148 valence electrons. The van der Waals surface area contributed by atoms with Crippen LogP contribution >= 0.6 is 11.8 Å². The molecule has 8 nitrogen and oxygen atoms in total. The Balaban J connectivity index is 1.55. The summed E-state index contributed by atoms with van der Waals surface area (Å²) in [7, 11) is 1.88. The molecule has 0 spiro atoms. The molecule has 0 aliphatic carbocycles. The van der Waals surface area contributed by atoms with E-state index in [4.69, 9.17) is 0 Å². The fraction of sp³-hybridized carbons (Fsp3) is 0.350. The van der Waals surface area contributed by atoms with E-state index in [1.54, 1.807) is 0 Å². The van der Waals surface area contributed by atoms with Crippen molar-refractivity contribution in [1.29, 1.82) is 5.26 Å². The van der Waals surface area contributed by atoms with E-state index in [0.29, 0.717) is 11.0 Å². The number of benzene rings is 1. The number of aryl methyl sites for hydroxylation is 1. The fourth-order valence-electron chi connectivity index (χ4n) is 3.40. The van der Waals surface area contributed by atoms with Gasteiger partial charge in [-0.1, -0.05) is 48.5 Å². The Morgan fingerprint density at radius 1 is 1.14 bits per heavy atom. The zero-order valence-corrected chi connectivity index (χ0v) is 16.9. The first-order chi connectivity index (χ1) is 14.2. The maximum absolute atomic E-state index is 10.6. The lowest BCUT2D eigenvalue weighted by molar-refractivity contribution is 0.419. The predicted molar refractivity (Wildman–Crippen MR) is 110 cm³/mol. The minimum absolute atomic E-state index is 0.0267. The van der Waals surface area contributed by atoms with E-state index in [2.05, 4.69) is 26.5 Å². The number of hydrogen-bond donors (Lipinski definition) is 1. The zero-order chi connectivity index (χ0) is 20.2. The summed E-state index contributed by atoms with van der Waals surface area (Å²) in [6.07, 6.45) is 4.07. The Hall–Kier alpha value is -3.12. The summed E-state index contributed by atoms with van der Waals surface area (Å²) in [6, 6.07) is 11.9. The smallest absolute Gasteiger partial charge is 0.191 e. The SMILES string of the molecule is Cn1c(SC/C(O)=C(\C#N)c2nnc3n2CCCCC3)nnc1-c1ccccc1. The minimum atomic E-state index is -0.0267. The molecule has 0 bridgehead atoms. The Labute approximate surface area is 172 Å². The zero-order valence-electron chi connectivity index (χ0n) is 16.1. The summed E-state index contributed by atoms with van der Waals surface area (Å²) in [5, 5.41) is 37.8. The summed E-state index contributed by atoms with van der Waals surface area (Å²) >= 11 is 1.33. The molecule has 2 aromatic heterocycles. The number of nitrogens with zero attached hydrogens (tertiary/aromatic N) is 7. The second-order valence-corrected chi connectivity index (χ2v) is 7.80. The molecule has 1 N–H and O–H groups in total. The summed E-state index contributed by atoms with van der Waals surface area (Å²) in [5.74, 6) is 2.25. The largest absolute Gasteiger partial charge is 0.510 e. The Morgan fingerprint density at radius 3 is 2.76 bits per heavy atom. The third-order valence-corrected chi connectivity index (χ3v) is 5.97. The highest BCUT2D eigenvalue weighted by Gasteiger charge is 2.21. The number of aromatic nitrogens is 6. The Morgan fingerprint density at radius 2 is 1.97 bits per heavy atom. The van der Waals surface area contributed by atoms with Crippen molar-refractivity contribution in [1.82, 2.24) is 29.5 Å². The molecule has 1 aromatic carbocycles. The normalized spacial score (nSPS) is 14.6. The lowest BCUT2D eigenvalue weighted by Crippen LogP contribution is -2.07. The number of nitriles is 1. The quantitative estimate of drug-likeness (QED) is 0.392. The van der Waals surface area contributed by atoms with Crippen molar-refractivity contribution in [3.8, 4) is 17.5 Å². The number of hydrogen-bond acceptors (Lipinski definition) is 7. The number of rotatable bonds is 5. The molecule has 1 aliphatic rings. The van der Waals surface area contributed by atoms with E-state index in [1.165, 1.54) is 11.8 Å². The van der Waals surface area contributed by atoms with Crippen molar-refractivity contribution >= 4 is 17.3 Å². The van der Waals surface area contributed by atoms with Crippen LogP contribution in [0.2, 0.25) is 0 Å². The molecule has 4 rings (SSSR count). The van der Waals surface area contributed by atoms with E-state index in [-0.39, 0.29) is 17.1 Å². The third kappa shape index (κ3) is 3.89. The van der Waals surface area contributed by atoms with Gasteiger partial charge >= 0.3 is 0 Å². The van der Waals surface area contributed by atoms with Crippen LogP contribution in [0.5, 0.6) is 0 Å². The van der Waals surface area contributed by atoms with Gasteiger partial charge < -0.3 is 14.2 Å². The molecule has 0 unspecified atom stereocenters. The molecular weight excluding hydrogens is 386 g/mol. The van der Waals surface area contributed by atoms with Crippen molar-refractivity contribution in [2.45, 2.75) is 37.4 Å². The summed E-state index contributed by atoms with van der Waals surface area (Å²) in [6.45, 7) is 0.771. The number of aliphatic hydroxyl groups is 1. The van der Waals surface area contributed by atoms with Crippen molar-refractivity contribution in [3.63, 3.8) is 0 Å². The highest BCUT2D eigenvalue weighted by atomic mass is 32.2. The van der Waals surface area contributed by atoms with Crippen LogP contribution in [0.4, 0.5) is 0 Å². The molecule has 0 radical (unpaired) electrons. The van der Waals surface area contributed by atoms with Crippen molar-refractivity contribution in [2.24, 2.45) is 7.05 Å². The van der Waals surface area contributed by atoms with Crippen molar-refractivity contribution < 1.29 is 5.11 Å². The van der Waals surface area contributed by atoms with Crippen molar-refractivity contribution in [3.05, 3.63) is 47.7 Å². The van der Waals surface area contributed by atoms with Gasteiger partial charge in [-0.3, -0.25) is 0 Å². The third-order valence-electron chi connectivity index (χ3n) is 4.94. The van der Waals surface area contributed by atoms with E-state index >= 15 is 0 Å². The first-order valence-electron chi connectivity index (χ1n) is 9.51. The standard InChI is InChI=1S/C20H21N7OS/c1-26-18(14-8-4-2-5-9-14)23-25-20(26)29-13-16(28)15(12-21)19-24-22-17-10-6-3-7-11-27(17)19/h2,4-5,8-9,28H,3,6-7,10-11,13H2,1H3/b16-15-. The van der Waals surface area contributed by atoms with Gasteiger partial charge in [0.1, 0.15) is 23.2 Å². The van der Waals surface area contributed by atoms with Crippen LogP contribution in [0.15, 0.2) is 41.2 Å². The van der Waals surface area contributed by atoms with Crippen LogP contribution in [0.3, 0.4) is 0 Å². The van der Waals surface area contributed by atoms with Gasteiger partial charge in [-0.2, -0.15) is 5.26 Å². The Bertz CT molecular complexity index is 1080. The lowest BCUT2D eigenvalue weighted by Gasteiger charge is -2.08. The first kappa shape index (κ1) is 19.2. The molecule has 3 heterocycles. The second kappa shape index (κ2) is 8.49. The van der Waals surface area contributed by atoms with E-state index in [9.17, 15) is 10.4 Å². The van der Waals surface area contributed by atoms with Crippen LogP contribution in [0.1, 0.15) is 30.9 Å². The van der Waals surface area contributed by atoms with Gasteiger partial charge in [0.2, 0.25) is 0 Å². The summed E-state index contributed by atoms with van der Waals surface area (Å²) in [4.78, 5) is 0. The van der Waals surface area contributed by atoms with Crippen LogP contribution in [-0.2, 0) is 20.0 Å².